The molecule has 12 nitrogen and oxygen atoms in total. The molecule has 2 atom stereocenters. The van der Waals surface area contributed by atoms with Crippen LogP contribution in [0.3, 0.4) is 0 Å². The third-order valence-corrected chi connectivity index (χ3v) is 6.46. The van der Waals surface area contributed by atoms with Gasteiger partial charge in [-0.25, -0.2) is 0 Å². The van der Waals surface area contributed by atoms with Crippen molar-refractivity contribution in [1.29, 1.82) is 10.5 Å². The van der Waals surface area contributed by atoms with Crippen LogP contribution in [0.2, 0.25) is 15.1 Å². The molecule has 0 aliphatic carbocycles. The molecule has 182 valence electrons. The van der Waals surface area contributed by atoms with Crippen LogP contribution in [-0.2, 0) is 24.0 Å². The van der Waals surface area contributed by atoms with Gasteiger partial charge in [0.15, 0.2) is 0 Å². The van der Waals surface area contributed by atoms with Gasteiger partial charge in [-0.1, -0.05) is 34.8 Å². The van der Waals surface area contributed by atoms with Gasteiger partial charge in [0.1, 0.15) is 30.8 Å². The fourth-order valence-corrected chi connectivity index (χ4v) is 4.27. The van der Waals surface area contributed by atoms with Crippen molar-refractivity contribution in [1.82, 2.24) is 10.8 Å². The molecular weight excluding hydrogens is 537 g/mol. The number of nitrogens with one attached hydrogen (secondary N) is 2. The molecule has 1 aromatic rings. The SMILES string of the molecule is N#Cc1c(Cl)c(Cl)c(SCC(NOC(=O)CCC(N)C(=O)O)C(=O)NCC(=O)O)c(C#N)c1Cl. The summed E-state index contributed by atoms with van der Waals surface area (Å²) in [6.45, 7) is -0.734. The molecule has 0 saturated carbocycles. The molecule has 0 heterocycles. The van der Waals surface area contributed by atoms with E-state index >= 15 is 0 Å². The van der Waals surface area contributed by atoms with Gasteiger partial charge in [-0.15, -0.1) is 17.2 Å². The molecule has 0 aliphatic heterocycles. The summed E-state index contributed by atoms with van der Waals surface area (Å²) in [5.41, 5.74) is 7.08. The van der Waals surface area contributed by atoms with Crippen molar-refractivity contribution >= 4 is 70.4 Å². The number of amides is 1. The average molecular weight is 553 g/mol. The number of hydroxylamine groups is 1. The van der Waals surface area contributed by atoms with Crippen molar-refractivity contribution in [3.63, 3.8) is 0 Å². The Morgan fingerprint density at radius 1 is 1.06 bits per heavy atom. The van der Waals surface area contributed by atoms with Crippen LogP contribution in [0.5, 0.6) is 0 Å². The van der Waals surface area contributed by atoms with Crippen LogP contribution in [0.15, 0.2) is 4.90 Å². The van der Waals surface area contributed by atoms with E-state index in [9.17, 15) is 24.4 Å². The zero-order chi connectivity index (χ0) is 26.0. The van der Waals surface area contributed by atoms with E-state index < -0.39 is 42.4 Å². The van der Waals surface area contributed by atoms with Crippen LogP contribution in [0, 0.1) is 22.7 Å². The minimum Gasteiger partial charge on any atom is -0.480 e. The Kier molecular flexibility index (Phi) is 11.9. The van der Waals surface area contributed by atoms with Gasteiger partial charge in [-0.2, -0.15) is 10.5 Å². The molecule has 2 unspecified atom stereocenters. The number of halogens is 3. The molecule has 0 saturated heterocycles. The van der Waals surface area contributed by atoms with E-state index in [0.717, 1.165) is 11.8 Å². The fourth-order valence-electron chi connectivity index (χ4n) is 2.17. The second-order valence-corrected chi connectivity index (χ2v) is 8.46. The molecule has 0 bridgehead atoms. The number of carbonyl (C=O) groups excluding carboxylic acids is 2. The highest BCUT2D eigenvalue weighted by atomic mass is 35.5. The zero-order valence-electron chi connectivity index (χ0n) is 16.9. The highest BCUT2D eigenvalue weighted by Crippen LogP contribution is 2.42. The summed E-state index contributed by atoms with van der Waals surface area (Å²) in [4.78, 5) is 50.5. The number of rotatable bonds is 12. The maximum Gasteiger partial charge on any atom is 0.324 e. The second-order valence-electron chi connectivity index (χ2n) is 6.30. The summed E-state index contributed by atoms with van der Waals surface area (Å²) in [5.74, 6) is -4.73. The standard InChI is InChI=1S/C18H16Cl3N5O7S/c19-13-7(3-22)14(20)15(21)16(8(13)4-23)34-6-10(17(30)25-5-11(27)28)26-33-12(29)2-1-9(24)18(31)32/h9-10,26H,1-2,5-6,24H2,(H,25,30)(H,27,28)(H,31,32). The average Bonchev–Trinajstić information content (AvgIpc) is 2.78. The first-order chi connectivity index (χ1) is 15.9. The van der Waals surface area contributed by atoms with Crippen LogP contribution in [0.1, 0.15) is 24.0 Å². The number of nitrogens with two attached hydrogens (primary N) is 1. The number of hydrogen-bond donors (Lipinski definition) is 5. The lowest BCUT2D eigenvalue weighted by Crippen LogP contribution is -2.47. The monoisotopic (exact) mass is 551 g/mol. The van der Waals surface area contributed by atoms with Crippen molar-refractivity contribution in [3.8, 4) is 12.1 Å². The molecule has 1 amide bonds. The predicted octanol–water partition coefficient (Wildman–Crippen LogP) is 1.29. The summed E-state index contributed by atoms with van der Waals surface area (Å²) < 4.78 is 0. The molecule has 0 aromatic heterocycles. The topological polar surface area (TPSA) is 216 Å². The third-order valence-electron chi connectivity index (χ3n) is 3.92. The first-order valence-corrected chi connectivity index (χ1v) is 11.1. The fraction of sp³-hybridized carbons (Fsp3) is 0.333. The maximum absolute atomic E-state index is 12.4. The summed E-state index contributed by atoms with van der Waals surface area (Å²) in [7, 11) is 0. The Hall–Kier alpha value is -2.78. The molecule has 1 rings (SSSR count). The molecular formula is C18H16Cl3N5O7S. The largest absolute Gasteiger partial charge is 0.480 e. The predicted molar refractivity (Wildman–Crippen MR) is 120 cm³/mol. The number of benzene rings is 1. The van der Waals surface area contributed by atoms with Crippen LogP contribution in [0.25, 0.3) is 0 Å². The number of hydrogen-bond acceptors (Lipinski definition) is 10. The molecule has 6 N–H and O–H groups in total. The lowest BCUT2D eigenvalue weighted by molar-refractivity contribution is -0.154. The van der Waals surface area contributed by atoms with Gasteiger partial charge in [-0.05, 0) is 6.42 Å². The summed E-state index contributed by atoms with van der Waals surface area (Å²) in [6.07, 6.45) is -0.619. The van der Waals surface area contributed by atoms with Gasteiger partial charge in [0.2, 0.25) is 5.91 Å². The van der Waals surface area contributed by atoms with Crippen molar-refractivity contribution in [2.24, 2.45) is 5.73 Å². The van der Waals surface area contributed by atoms with Crippen LogP contribution < -0.4 is 16.5 Å². The minimum absolute atomic E-state index is 0.0368. The highest BCUT2D eigenvalue weighted by Gasteiger charge is 2.26. The third kappa shape index (κ3) is 8.22. The number of carboxylic acids is 2. The summed E-state index contributed by atoms with van der Waals surface area (Å²) >= 11 is 19.1. The van der Waals surface area contributed by atoms with E-state index in [1.807, 2.05) is 0 Å². The number of carbonyl (C=O) groups is 4. The second kappa shape index (κ2) is 13.8. The molecule has 1 aromatic carbocycles. The summed E-state index contributed by atoms with van der Waals surface area (Å²) in [5, 5.41) is 37.6. The summed E-state index contributed by atoms with van der Waals surface area (Å²) in [6, 6.07) is 0.882. The van der Waals surface area contributed by atoms with E-state index in [-0.39, 0.29) is 49.7 Å². The van der Waals surface area contributed by atoms with Gasteiger partial charge in [-0.3, -0.25) is 19.2 Å². The molecule has 0 spiro atoms. The van der Waals surface area contributed by atoms with E-state index in [0.29, 0.717) is 0 Å². The number of nitriles is 2. The molecule has 0 aliphatic rings. The quantitative estimate of drug-likeness (QED) is 0.141. The lowest BCUT2D eigenvalue weighted by atomic mass is 10.1. The van der Waals surface area contributed by atoms with Crippen LogP contribution in [-0.4, -0.2) is 58.4 Å². The van der Waals surface area contributed by atoms with Crippen LogP contribution >= 0.6 is 46.6 Å². The van der Waals surface area contributed by atoms with E-state index in [2.05, 4.69) is 10.8 Å². The molecule has 0 radical (unpaired) electrons. The number of nitrogens with zero attached hydrogens (tertiary/aromatic N) is 2. The highest BCUT2D eigenvalue weighted by molar-refractivity contribution is 7.99. The number of thioether (sulfide) groups is 1. The molecule has 34 heavy (non-hydrogen) atoms. The van der Waals surface area contributed by atoms with Crippen molar-refractivity contribution < 1.29 is 34.2 Å². The Balaban J connectivity index is 3.04. The first-order valence-electron chi connectivity index (χ1n) is 9.01. The number of aliphatic carboxylic acids is 2. The Bertz CT molecular complexity index is 1070. The molecule has 0 fully saturated rings. The first kappa shape index (κ1) is 29.3. The van der Waals surface area contributed by atoms with Crippen molar-refractivity contribution in [2.75, 3.05) is 12.3 Å². The van der Waals surface area contributed by atoms with E-state index in [1.165, 1.54) is 0 Å². The van der Waals surface area contributed by atoms with E-state index in [1.54, 1.807) is 12.1 Å². The molecule has 16 heteroatoms. The normalized spacial score (nSPS) is 12.1. The Morgan fingerprint density at radius 3 is 2.21 bits per heavy atom. The maximum atomic E-state index is 12.4. The lowest BCUT2D eigenvalue weighted by Gasteiger charge is -2.18. The van der Waals surface area contributed by atoms with Crippen molar-refractivity contribution in [3.05, 3.63) is 26.2 Å². The van der Waals surface area contributed by atoms with E-state index in [4.69, 9.17) is 60.8 Å². The Morgan fingerprint density at radius 2 is 1.68 bits per heavy atom. The Labute approximate surface area is 211 Å². The smallest absolute Gasteiger partial charge is 0.324 e. The van der Waals surface area contributed by atoms with Crippen LogP contribution in [0.4, 0.5) is 0 Å². The minimum atomic E-state index is -1.35. The van der Waals surface area contributed by atoms with Gasteiger partial charge < -0.3 is 26.1 Å². The van der Waals surface area contributed by atoms with Gasteiger partial charge >= 0.3 is 17.9 Å². The van der Waals surface area contributed by atoms with Gasteiger partial charge in [0.25, 0.3) is 0 Å². The van der Waals surface area contributed by atoms with Crippen molar-refractivity contribution in [2.45, 2.75) is 29.8 Å². The zero-order valence-corrected chi connectivity index (χ0v) is 20.0. The van der Waals surface area contributed by atoms with Gasteiger partial charge in [0, 0.05) is 17.1 Å². The van der Waals surface area contributed by atoms with Gasteiger partial charge in [0.05, 0.1) is 26.2 Å². The number of carboxylic acid groups (broad SMARTS) is 2.